The van der Waals surface area contributed by atoms with Crippen LogP contribution in [-0.2, 0) is 0 Å². The van der Waals surface area contributed by atoms with Crippen LogP contribution in [0.5, 0.6) is 0 Å². The third-order valence-electron chi connectivity index (χ3n) is 6.54. The fourth-order valence-corrected chi connectivity index (χ4v) is 8.56. The molecular weight excluding hydrogens is 572 g/mol. The Balaban J connectivity index is 1.73. The van der Waals surface area contributed by atoms with Crippen molar-refractivity contribution >= 4 is 118 Å². The molecule has 0 amide bonds. The summed E-state index contributed by atoms with van der Waals surface area (Å²) in [6.07, 6.45) is 0. The average molecular weight is 580 g/mol. The quantitative estimate of drug-likeness (QED) is 0.178. The van der Waals surface area contributed by atoms with Gasteiger partial charge in [0.2, 0.25) is 0 Å². The van der Waals surface area contributed by atoms with Crippen molar-refractivity contribution in [2.75, 3.05) is 0 Å². The summed E-state index contributed by atoms with van der Waals surface area (Å²) >= 11 is 10.4. The maximum Gasteiger partial charge on any atom is 0.263 e. The molecule has 0 aliphatic carbocycles. The largest absolute Gasteiger partial charge is 0.274 e. The first-order chi connectivity index (χ1) is 15.5. The summed E-state index contributed by atoms with van der Waals surface area (Å²) in [4.78, 5) is 27.3. The number of nitrogens with zero attached hydrogens (tertiary/aromatic N) is 2. The number of fused-ring (bicyclic) bond motifs is 8. The number of hydrogen-bond acceptors (Lipinski definition) is 4. The van der Waals surface area contributed by atoms with Crippen LogP contribution >= 0.6 is 54.5 Å². The second-order valence-electron chi connectivity index (χ2n) is 8.00. The molecule has 6 aromatic heterocycles. The fourth-order valence-electron chi connectivity index (χ4n) is 5.28. The van der Waals surface area contributed by atoms with E-state index in [-0.39, 0.29) is 11.1 Å². The highest BCUT2D eigenvalue weighted by molar-refractivity contribution is 9.11. The minimum absolute atomic E-state index is 0.0533. The molecule has 0 aliphatic rings. The van der Waals surface area contributed by atoms with Gasteiger partial charge in [0.05, 0.1) is 40.4 Å². The molecule has 0 unspecified atom stereocenters. The van der Waals surface area contributed by atoms with E-state index in [2.05, 4.69) is 44.0 Å². The Hall–Kier alpha value is -2.52. The van der Waals surface area contributed by atoms with Gasteiger partial charge in [-0.1, -0.05) is 12.1 Å². The van der Waals surface area contributed by atoms with Gasteiger partial charge in [0.15, 0.2) is 0 Å². The summed E-state index contributed by atoms with van der Waals surface area (Å²) in [5, 5.41) is 9.04. The summed E-state index contributed by atoms with van der Waals surface area (Å²) < 4.78 is 7.57. The lowest BCUT2D eigenvalue weighted by Crippen LogP contribution is -2.16. The third kappa shape index (κ3) is 1.87. The number of rotatable bonds is 0. The van der Waals surface area contributed by atoms with Crippen molar-refractivity contribution in [3.05, 3.63) is 76.8 Å². The van der Waals surface area contributed by atoms with Crippen LogP contribution in [0, 0.1) is 0 Å². The molecule has 0 saturated carbocycles. The molecule has 0 saturated heterocycles. The maximum absolute atomic E-state index is 13.7. The lowest BCUT2D eigenvalue weighted by Gasteiger charge is -2.13. The molecule has 152 valence electrons. The van der Waals surface area contributed by atoms with Gasteiger partial charge in [-0.25, -0.2) is 0 Å². The van der Waals surface area contributed by atoms with E-state index < -0.39 is 0 Å². The van der Waals surface area contributed by atoms with E-state index in [4.69, 9.17) is 0 Å². The molecular formula is C24H8Br2N2O2S2. The van der Waals surface area contributed by atoms with Gasteiger partial charge in [-0.2, -0.15) is 0 Å². The molecule has 0 bridgehead atoms. The van der Waals surface area contributed by atoms with Gasteiger partial charge >= 0.3 is 0 Å². The van der Waals surface area contributed by atoms with E-state index in [1.807, 2.05) is 35.0 Å². The molecule has 8 aromatic rings. The molecule has 32 heavy (non-hydrogen) atoms. The lowest BCUT2D eigenvalue weighted by molar-refractivity contribution is 1.20. The van der Waals surface area contributed by atoms with E-state index >= 15 is 0 Å². The van der Waals surface area contributed by atoms with E-state index in [0.29, 0.717) is 10.8 Å². The van der Waals surface area contributed by atoms with Crippen molar-refractivity contribution in [2.45, 2.75) is 0 Å². The molecule has 2 aromatic carbocycles. The Morgan fingerprint density at radius 1 is 0.625 bits per heavy atom. The zero-order valence-electron chi connectivity index (χ0n) is 15.9. The molecule has 0 fully saturated rings. The Bertz CT molecular complexity index is 2060. The Morgan fingerprint density at radius 3 is 1.47 bits per heavy atom. The first-order valence-electron chi connectivity index (χ1n) is 9.81. The Labute approximate surface area is 202 Å². The van der Waals surface area contributed by atoms with Gasteiger partial charge in [-0.3, -0.25) is 18.4 Å². The summed E-state index contributed by atoms with van der Waals surface area (Å²) in [7, 11) is 0. The predicted molar refractivity (Wildman–Crippen MR) is 142 cm³/mol. The second kappa shape index (κ2) is 5.69. The normalized spacial score (nSPS) is 12.9. The van der Waals surface area contributed by atoms with Crippen molar-refractivity contribution in [3.63, 3.8) is 0 Å². The number of thiophene rings is 2. The van der Waals surface area contributed by atoms with Crippen LogP contribution in [0.15, 0.2) is 65.7 Å². The van der Waals surface area contributed by atoms with Crippen LogP contribution in [0.3, 0.4) is 0 Å². The summed E-state index contributed by atoms with van der Waals surface area (Å²) in [5.74, 6) is 0. The van der Waals surface area contributed by atoms with Gasteiger partial charge in [0, 0.05) is 43.1 Å². The molecule has 0 spiro atoms. The smallest absolute Gasteiger partial charge is 0.263 e. The van der Waals surface area contributed by atoms with Crippen LogP contribution in [0.4, 0.5) is 0 Å². The van der Waals surface area contributed by atoms with Crippen molar-refractivity contribution in [2.24, 2.45) is 0 Å². The van der Waals surface area contributed by atoms with E-state index in [9.17, 15) is 9.59 Å². The van der Waals surface area contributed by atoms with E-state index in [1.165, 1.54) is 0 Å². The average Bonchev–Trinajstić information content (AvgIpc) is 3.53. The van der Waals surface area contributed by atoms with E-state index in [1.54, 1.807) is 31.5 Å². The second-order valence-corrected chi connectivity index (χ2v) is 11.5. The van der Waals surface area contributed by atoms with Crippen molar-refractivity contribution in [3.8, 4) is 0 Å². The molecule has 0 N–H and O–H groups in total. The van der Waals surface area contributed by atoms with Gasteiger partial charge in [0.1, 0.15) is 0 Å². The zero-order valence-corrected chi connectivity index (χ0v) is 20.7. The Morgan fingerprint density at radius 2 is 1.03 bits per heavy atom. The topological polar surface area (TPSA) is 43.0 Å². The molecule has 0 atom stereocenters. The molecule has 8 rings (SSSR count). The fraction of sp³-hybridized carbons (Fsp3) is 0. The van der Waals surface area contributed by atoms with Crippen LogP contribution < -0.4 is 11.1 Å². The van der Waals surface area contributed by atoms with Crippen molar-refractivity contribution < 1.29 is 0 Å². The molecule has 6 heterocycles. The van der Waals surface area contributed by atoms with Crippen LogP contribution in [0.2, 0.25) is 0 Å². The van der Waals surface area contributed by atoms with E-state index in [0.717, 1.165) is 62.0 Å². The van der Waals surface area contributed by atoms with Gasteiger partial charge < -0.3 is 0 Å². The van der Waals surface area contributed by atoms with Crippen LogP contribution in [0.1, 0.15) is 0 Å². The van der Waals surface area contributed by atoms with Gasteiger partial charge in [-0.05, 0) is 56.1 Å². The zero-order chi connectivity index (χ0) is 21.5. The molecule has 0 aliphatic heterocycles. The number of aromatic nitrogens is 2. The summed E-state index contributed by atoms with van der Waals surface area (Å²) in [5.41, 5.74) is 3.47. The maximum atomic E-state index is 13.7. The third-order valence-corrected chi connectivity index (χ3v) is 10.2. The highest BCUT2D eigenvalue weighted by Crippen LogP contribution is 2.41. The first kappa shape index (κ1) is 18.0. The minimum atomic E-state index is -0.0533. The molecule has 0 radical (unpaired) electrons. The number of pyridine rings is 2. The first-order valence-corrected chi connectivity index (χ1v) is 13.2. The summed E-state index contributed by atoms with van der Waals surface area (Å²) in [6, 6.07) is 12.0. The number of hydrogen-bond donors (Lipinski definition) is 0. The highest BCUT2D eigenvalue weighted by atomic mass is 79.9. The predicted octanol–water partition coefficient (Wildman–Crippen LogP) is 7.20. The Kier molecular flexibility index (Phi) is 3.19. The van der Waals surface area contributed by atoms with Crippen LogP contribution in [-0.4, -0.2) is 8.80 Å². The lowest BCUT2D eigenvalue weighted by atomic mass is 9.95. The molecule has 8 heteroatoms. The van der Waals surface area contributed by atoms with Crippen molar-refractivity contribution in [1.82, 2.24) is 8.80 Å². The SMILES string of the molecule is O=c1c2ccc3c4c(ccc(c24)c2cc4scc(Br)c4n12)c(=O)n1c3cc2scc(Br)c21. The number of halogens is 2. The number of benzene rings is 2. The van der Waals surface area contributed by atoms with Crippen LogP contribution in [0.25, 0.3) is 63.8 Å². The standard InChI is InChI=1S/C24H8Br2N2O2S2/c25-13-7-31-17-5-15-9-1-3-11-20-10(2-4-12(19(9)20)24(30)27(15)21(13)17)16-6-18-22(14(26)8-32-18)28(16)23(11)29/h1-8H. The monoisotopic (exact) mass is 578 g/mol. The minimum Gasteiger partial charge on any atom is -0.274 e. The van der Waals surface area contributed by atoms with Gasteiger partial charge in [0.25, 0.3) is 11.1 Å². The highest BCUT2D eigenvalue weighted by Gasteiger charge is 2.22. The molecule has 4 nitrogen and oxygen atoms in total. The summed E-state index contributed by atoms with van der Waals surface area (Å²) in [6.45, 7) is 0. The van der Waals surface area contributed by atoms with Crippen molar-refractivity contribution in [1.29, 1.82) is 0 Å². The van der Waals surface area contributed by atoms with Gasteiger partial charge in [-0.15, -0.1) is 22.7 Å².